The Morgan fingerprint density at radius 2 is 0.941 bits per heavy atom. The third-order valence-electron chi connectivity index (χ3n) is 8.73. The minimum absolute atomic E-state index is 0.0680. The van der Waals surface area contributed by atoms with Gasteiger partial charge in [-0.2, -0.15) is 0 Å². The molecule has 2 saturated heterocycles. The molecule has 14 heteroatoms. The summed E-state index contributed by atoms with van der Waals surface area (Å²) in [7, 11) is -5.31. The summed E-state index contributed by atoms with van der Waals surface area (Å²) in [6.07, 6.45) is 0. The highest BCUT2D eigenvalue weighted by Crippen LogP contribution is 2.20. The number of nitrogens with one attached hydrogen (secondary N) is 2. The number of hydrogen-bond donors (Lipinski definition) is 2. The van der Waals surface area contributed by atoms with Crippen molar-refractivity contribution >= 4 is 43.2 Å². The van der Waals surface area contributed by atoms with E-state index < -0.39 is 20.0 Å². The highest BCUT2D eigenvalue weighted by Gasteiger charge is 2.23. The van der Waals surface area contributed by atoms with E-state index in [1.54, 1.807) is 89.8 Å². The van der Waals surface area contributed by atoms with Crippen molar-refractivity contribution in [2.24, 2.45) is 0 Å². The molecule has 2 fully saturated rings. The molecule has 0 radical (unpaired) electrons. The fraction of sp³-hybridized carbons (Fsp3) is 0.297. The Labute approximate surface area is 300 Å². The molecule has 2 amide bonds. The fourth-order valence-corrected chi connectivity index (χ4v) is 7.84. The van der Waals surface area contributed by atoms with Gasteiger partial charge in [-0.25, -0.2) is 16.8 Å². The Hall–Kier alpha value is -4.76. The molecule has 4 aromatic carbocycles. The molecule has 51 heavy (non-hydrogen) atoms. The van der Waals surface area contributed by atoms with Gasteiger partial charge < -0.3 is 19.6 Å². The highest BCUT2D eigenvalue weighted by atomic mass is 32.2. The molecular weight excluding hydrogens is 689 g/mol. The minimum Gasteiger partial charge on any atom is -0.336 e. The monoisotopic (exact) mass is 732 g/mol. The first-order chi connectivity index (χ1) is 24.4. The first-order valence-electron chi connectivity index (χ1n) is 16.8. The van der Waals surface area contributed by atoms with Crippen molar-refractivity contribution in [2.45, 2.75) is 16.7 Å². The van der Waals surface area contributed by atoms with Crippen LogP contribution in [0.4, 0.5) is 11.4 Å². The van der Waals surface area contributed by atoms with Crippen molar-refractivity contribution in [1.82, 2.24) is 19.6 Å². The summed E-state index contributed by atoms with van der Waals surface area (Å²) in [5.41, 5.74) is 1.73. The zero-order valence-electron chi connectivity index (χ0n) is 28.8. The molecule has 2 N–H and O–H groups in total. The van der Waals surface area contributed by atoms with E-state index in [2.05, 4.69) is 26.2 Å². The fourth-order valence-electron chi connectivity index (χ4n) is 5.70. The number of benzene rings is 4. The average Bonchev–Trinajstić information content (AvgIpc) is 3.15. The van der Waals surface area contributed by atoms with Crippen molar-refractivity contribution < 1.29 is 26.4 Å². The van der Waals surface area contributed by atoms with Crippen LogP contribution in [0.25, 0.3) is 0 Å². The summed E-state index contributed by atoms with van der Waals surface area (Å²) in [6.45, 7) is 9.23. The van der Waals surface area contributed by atoms with Crippen molar-refractivity contribution in [3.63, 3.8) is 0 Å². The molecule has 2 aliphatic heterocycles. The molecule has 0 saturated carbocycles. The smallest absolute Gasteiger partial charge is 0.261 e. The summed E-state index contributed by atoms with van der Waals surface area (Å²) in [5.74, 6) is -0.143. The first kappa shape index (κ1) is 37.5. The molecule has 2 heterocycles. The minimum atomic E-state index is -3.67. The predicted octanol–water partition coefficient (Wildman–Crippen LogP) is 4.14. The largest absolute Gasteiger partial charge is 0.336 e. The predicted molar refractivity (Wildman–Crippen MR) is 199 cm³/mol. The van der Waals surface area contributed by atoms with Crippen LogP contribution in [0.2, 0.25) is 0 Å². The Kier molecular flexibility index (Phi) is 12.5. The van der Waals surface area contributed by atoms with E-state index in [4.69, 9.17) is 0 Å². The number of likely N-dealkylation sites (N-methyl/N-ethyl adjacent to an activating group) is 2. The number of hydrogen-bond acceptors (Lipinski definition) is 8. The maximum Gasteiger partial charge on any atom is 0.261 e. The standard InChI is InChI=1S/C19H23N3O3S.C18H21N3O3S/c1-2-21-11-13-22(14-12-21)19(23)16-7-6-8-17(15-16)20-26(24,25)18-9-4-3-5-10-18;1-20-10-12-21(13-11-20)18(22)15-6-5-7-16(14-15)19-25(23,24)17-8-3-2-4-9-17/h3-10,15,20H,2,11-14H2,1H3;2-9,14,19H,10-13H2,1H3. The van der Waals surface area contributed by atoms with Gasteiger partial charge in [-0.05, 0) is 74.3 Å². The lowest BCUT2D eigenvalue weighted by Gasteiger charge is -2.34. The lowest BCUT2D eigenvalue weighted by molar-refractivity contribution is 0.0641. The van der Waals surface area contributed by atoms with Gasteiger partial charge in [0.1, 0.15) is 0 Å². The van der Waals surface area contributed by atoms with Crippen LogP contribution in [0.15, 0.2) is 119 Å². The van der Waals surface area contributed by atoms with Crippen LogP contribution >= 0.6 is 0 Å². The van der Waals surface area contributed by atoms with Gasteiger partial charge >= 0.3 is 0 Å². The Morgan fingerprint density at radius 3 is 1.33 bits per heavy atom. The number of anilines is 2. The molecule has 0 atom stereocenters. The SMILES string of the molecule is CCN1CCN(C(=O)c2cccc(NS(=O)(=O)c3ccccc3)c2)CC1.CN1CCN(C(=O)c2cccc(NS(=O)(=O)c3ccccc3)c2)CC1. The molecule has 270 valence electrons. The third kappa shape index (κ3) is 10.2. The van der Waals surface area contributed by atoms with E-state index in [1.807, 2.05) is 11.9 Å². The van der Waals surface area contributed by atoms with Crippen LogP contribution in [0.5, 0.6) is 0 Å². The van der Waals surface area contributed by atoms with E-state index in [0.717, 1.165) is 32.7 Å². The van der Waals surface area contributed by atoms with Gasteiger partial charge in [0.2, 0.25) is 0 Å². The van der Waals surface area contributed by atoms with Gasteiger partial charge in [0, 0.05) is 74.9 Å². The second kappa shape index (κ2) is 17.0. The number of piperazine rings is 2. The molecule has 0 bridgehead atoms. The van der Waals surface area contributed by atoms with Gasteiger partial charge in [-0.1, -0.05) is 55.5 Å². The lowest BCUT2D eigenvalue weighted by Crippen LogP contribution is -2.48. The number of sulfonamides is 2. The number of carbonyl (C=O) groups excluding carboxylic acids is 2. The van der Waals surface area contributed by atoms with Crippen molar-refractivity contribution in [3.05, 3.63) is 120 Å². The summed E-state index contributed by atoms with van der Waals surface area (Å²) < 4.78 is 54.8. The first-order valence-corrected chi connectivity index (χ1v) is 19.8. The summed E-state index contributed by atoms with van der Waals surface area (Å²) in [4.78, 5) is 33.8. The Bertz CT molecular complexity index is 2000. The van der Waals surface area contributed by atoms with E-state index in [-0.39, 0.29) is 21.6 Å². The maximum atomic E-state index is 12.7. The zero-order valence-corrected chi connectivity index (χ0v) is 30.4. The number of amides is 2. The second-order valence-electron chi connectivity index (χ2n) is 12.3. The quantitative estimate of drug-likeness (QED) is 0.262. The molecular formula is C37H44N6O6S2. The Balaban J connectivity index is 0.000000198. The third-order valence-corrected chi connectivity index (χ3v) is 11.5. The molecule has 4 aromatic rings. The number of nitrogens with zero attached hydrogens (tertiary/aromatic N) is 4. The van der Waals surface area contributed by atoms with Crippen molar-refractivity contribution in [3.8, 4) is 0 Å². The molecule has 0 aromatic heterocycles. The number of rotatable bonds is 9. The summed E-state index contributed by atoms with van der Waals surface area (Å²) >= 11 is 0. The normalized spacial score (nSPS) is 15.7. The van der Waals surface area contributed by atoms with Crippen molar-refractivity contribution in [2.75, 3.05) is 75.4 Å². The highest BCUT2D eigenvalue weighted by molar-refractivity contribution is 7.93. The van der Waals surface area contributed by atoms with Gasteiger partial charge in [0.25, 0.3) is 31.9 Å². The zero-order chi connectivity index (χ0) is 36.4. The van der Waals surface area contributed by atoms with Gasteiger partial charge in [0.05, 0.1) is 9.79 Å². The summed E-state index contributed by atoms with van der Waals surface area (Å²) in [5, 5.41) is 0. The molecule has 2 aliphatic rings. The number of carbonyl (C=O) groups is 2. The lowest BCUT2D eigenvalue weighted by atomic mass is 10.1. The van der Waals surface area contributed by atoms with E-state index in [0.29, 0.717) is 48.7 Å². The Morgan fingerprint density at radius 1 is 0.549 bits per heavy atom. The van der Waals surface area contributed by atoms with Crippen LogP contribution in [-0.4, -0.2) is 114 Å². The van der Waals surface area contributed by atoms with Crippen LogP contribution < -0.4 is 9.44 Å². The van der Waals surface area contributed by atoms with Crippen molar-refractivity contribution in [1.29, 1.82) is 0 Å². The second-order valence-corrected chi connectivity index (χ2v) is 15.7. The van der Waals surface area contributed by atoms with E-state index >= 15 is 0 Å². The molecule has 6 rings (SSSR count). The molecule has 0 spiro atoms. The van der Waals surface area contributed by atoms with Crippen LogP contribution in [0.3, 0.4) is 0 Å². The molecule has 0 unspecified atom stereocenters. The van der Waals surface area contributed by atoms with Crippen LogP contribution in [-0.2, 0) is 20.0 Å². The van der Waals surface area contributed by atoms with E-state index in [9.17, 15) is 26.4 Å². The topological polar surface area (TPSA) is 139 Å². The average molecular weight is 733 g/mol. The molecule has 0 aliphatic carbocycles. The van der Waals surface area contributed by atoms with E-state index in [1.165, 1.54) is 24.3 Å². The summed E-state index contributed by atoms with van der Waals surface area (Å²) in [6, 6.07) is 29.6. The van der Waals surface area contributed by atoms with Crippen LogP contribution in [0, 0.1) is 0 Å². The molecule has 12 nitrogen and oxygen atoms in total. The van der Waals surface area contributed by atoms with Gasteiger partial charge in [-0.15, -0.1) is 0 Å². The van der Waals surface area contributed by atoms with Gasteiger partial charge in [0.15, 0.2) is 0 Å². The van der Waals surface area contributed by atoms with Crippen LogP contribution in [0.1, 0.15) is 27.6 Å². The van der Waals surface area contributed by atoms with Gasteiger partial charge in [-0.3, -0.25) is 19.0 Å². The maximum absolute atomic E-state index is 12.7.